The van der Waals surface area contributed by atoms with E-state index in [1.54, 1.807) is 11.4 Å². The molecule has 0 radical (unpaired) electrons. The maximum absolute atomic E-state index is 11.9. The zero-order valence-electron chi connectivity index (χ0n) is 12.2. The van der Waals surface area contributed by atoms with Crippen molar-refractivity contribution in [3.63, 3.8) is 0 Å². The molecule has 0 aliphatic rings. The van der Waals surface area contributed by atoms with Crippen LogP contribution in [-0.4, -0.2) is 36.1 Å². The molecule has 114 valence electrons. The molecule has 6 heteroatoms. The minimum atomic E-state index is -0.209. The van der Waals surface area contributed by atoms with Crippen LogP contribution in [0.1, 0.15) is 41.9 Å². The zero-order valence-corrected chi connectivity index (χ0v) is 13.0. The van der Waals surface area contributed by atoms with Gasteiger partial charge in [0.25, 0.3) is 5.91 Å². The SMILES string of the molecule is CC(C)NC(=O)CCNC(=O)c1csc(C#CCCO)c1. The van der Waals surface area contributed by atoms with Crippen LogP contribution in [0.25, 0.3) is 0 Å². The van der Waals surface area contributed by atoms with Gasteiger partial charge in [-0.15, -0.1) is 11.3 Å². The molecule has 0 saturated carbocycles. The molecule has 0 fully saturated rings. The molecule has 0 aliphatic carbocycles. The van der Waals surface area contributed by atoms with Crippen LogP contribution in [0, 0.1) is 11.8 Å². The molecule has 2 amide bonds. The molecule has 1 rings (SSSR count). The van der Waals surface area contributed by atoms with Crippen molar-refractivity contribution in [1.82, 2.24) is 10.6 Å². The van der Waals surface area contributed by atoms with Crippen molar-refractivity contribution in [1.29, 1.82) is 0 Å². The van der Waals surface area contributed by atoms with Gasteiger partial charge in [0.1, 0.15) is 0 Å². The molecule has 0 unspecified atom stereocenters. The van der Waals surface area contributed by atoms with Crippen LogP contribution >= 0.6 is 11.3 Å². The highest BCUT2D eigenvalue weighted by atomic mass is 32.1. The first kappa shape index (κ1) is 17.2. The summed E-state index contributed by atoms with van der Waals surface area (Å²) in [5.41, 5.74) is 0.539. The number of rotatable bonds is 6. The summed E-state index contributed by atoms with van der Waals surface area (Å²) in [4.78, 5) is 24.1. The number of hydrogen-bond acceptors (Lipinski definition) is 4. The second-order valence-corrected chi connectivity index (χ2v) is 5.61. The maximum Gasteiger partial charge on any atom is 0.252 e. The quantitative estimate of drug-likeness (QED) is 0.689. The van der Waals surface area contributed by atoms with Gasteiger partial charge in [0.2, 0.25) is 5.91 Å². The predicted molar refractivity (Wildman–Crippen MR) is 83.1 cm³/mol. The predicted octanol–water partition coefficient (Wildman–Crippen LogP) is 1.13. The Morgan fingerprint density at radius 3 is 2.86 bits per heavy atom. The molecular weight excluding hydrogens is 288 g/mol. The lowest BCUT2D eigenvalue weighted by Crippen LogP contribution is -2.34. The topological polar surface area (TPSA) is 78.4 Å². The van der Waals surface area contributed by atoms with E-state index in [1.807, 2.05) is 13.8 Å². The van der Waals surface area contributed by atoms with E-state index in [9.17, 15) is 9.59 Å². The van der Waals surface area contributed by atoms with Crippen LogP contribution in [0.4, 0.5) is 0 Å². The van der Waals surface area contributed by atoms with Crippen molar-refractivity contribution >= 4 is 23.2 Å². The van der Waals surface area contributed by atoms with Crippen LogP contribution < -0.4 is 10.6 Å². The van der Waals surface area contributed by atoms with Crippen molar-refractivity contribution < 1.29 is 14.7 Å². The van der Waals surface area contributed by atoms with Crippen LogP contribution in [0.15, 0.2) is 11.4 Å². The Labute approximate surface area is 128 Å². The molecule has 5 nitrogen and oxygen atoms in total. The highest BCUT2D eigenvalue weighted by molar-refractivity contribution is 7.10. The van der Waals surface area contributed by atoms with E-state index in [0.29, 0.717) is 18.5 Å². The molecule has 0 aromatic carbocycles. The maximum atomic E-state index is 11.9. The third-order valence-corrected chi connectivity index (χ3v) is 3.24. The molecule has 21 heavy (non-hydrogen) atoms. The van der Waals surface area contributed by atoms with Crippen LogP contribution in [0.3, 0.4) is 0 Å². The Kier molecular flexibility index (Phi) is 7.51. The first-order valence-corrected chi connectivity index (χ1v) is 7.66. The van der Waals surface area contributed by atoms with Gasteiger partial charge < -0.3 is 15.7 Å². The summed E-state index contributed by atoms with van der Waals surface area (Å²) in [5, 5.41) is 15.8. The van der Waals surface area contributed by atoms with E-state index in [1.165, 1.54) is 11.3 Å². The van der Waals surface area contributed by atoms with Gasteiger partial charge in [-0.1, -0.05) is 11.8 Å². The minimum absolute atomic E-state index is 0.0319. The van der Waals surface area contributed by atoms with E-state index >= 15 is 0 Å². The van der Waals surface area contributed by atoms with Gasteiger partial charge in [0.15, 0.2) is 0 Å². The second kappa shape index (κ2) is 9.16. The number of carbonyl (C=O) groups excluding carboxylic acids is 2. The monoisotopic (exact) mass is 308 g/mol. The highest BCUT2D eigenvalue weighted by Gasteiger charge is 2.09. The van der Waals surface area contributed by atoms with Crippen molar-refractivity contribution in [3.8, 4) is 11.8 Å². The van der Waals surface area contributed by atoms with Crippen molar-refractivity contribution in [2.24, 2.45) is 0 Å². The van der Waals surface area contributed by atoms with Gasteiger partial charge in [0, 0.05) is 30.8 Å². The Hall–Kier alpha value is -1.84. The molecule has 0 aliphatic heterocycles. The molecule has 3 N–H and O–H groups in total. The summed E-state index contributed by atoms with van der Waals surface area (Å²) in [5.74, 6) is 5.40. The lowest BCUT2D eigenvalue weighted by atomic mass is 10.2. The molecule has 1 aromatic heterocycles. The van der Waals surface area contributed by atoms with Crippen LogP contribution in [0.2, 0.25) is 0 Å². The van der Waals surface area contributed by atoms with Gasteiger partial charge in [-0.3, -0.25) is 9.59 Å². The van der Waals surface area contributed by atoms with Gasteiger partial charge >= 0.3 is 0 Å². The summed E-state index contributed by atoms with van der Waals surface area (Å²) in [7, 11) is 0. The largest absolute Gasteiger partial charge is 0.395 e. The summed E-state index contributed by atoms with van der Waals surface area (Å²) in [6.45, 7) is 4.12. The average molecular weight is 308 g/mol. The molecule has 0 atom stereocenters. The minimum Gasteiger partial charge on any atom is -0.395 e. The average Bonchev–Trinajstić information content (AvgIpc) is 2.87. The van der Waals surface area contributed by atoms with Crippen molar-refractivity contribution in [2.75, 3.05) is 13.2 Å². The Morgan fingerprint density at radius 1 is 1.43 bits per heavy atom. The second-order valence-electron chi connectivity index (χ2n) is 4.70. The number of hydrogen-bond donors (Lipinski definition) is 3. The standard InChI is InChI=1S/C15H20N2O3S/c1-11(2)17-14(19)6-7-16-15(20)12-9-13(21-10-12)5-3-4-8-18/h9-11,18H,4,6-8H2,1-2H3,(H,16,20)(H,17,19). The van der Waals surface area contributed by atoms with Gasteiger partial charge in [-0.05, 0) is 19.9 Å². The summed E-state index contributed by atoms with van der Waals surface area (Å²) < 4.78 is 0. The van der Waals surface area contributed by atoms with E-state index < -0.39 is 0 Å². The van der Waals surface area contributed by atoms with E-state index in [4.69, 9.17) is 5.11 Å². The molecule has 1 aromatic rings. The first-order valence-electron chi connectivity index (χ1n) is 6.78. The Morgan fingerprint density at radius 2 is 2.19 bits per heavy atom. The Balaban J connectivity index is 2.39. The zero-order chi connectivity index (χ0) is 15.7. The number of thiophene rings is 1. The normalized spacial score (nSPS) is 9.90. The van der Waals surface area contributed by atoms with Crippen molar-refractivity contribution in [3.05, 3.63) is 21.9 Å². The van der Waals surface area contributed by atoms with Crippen LogP contribution in [0.5, 0.6) is 0 Å². The van der Waals surface area contributed by atoms with Crippen LogP contribution in [-0.2, 0) is 4.79 Å². The summed E-state index contributed by atoms with van der Waals surface area (Å²) in [6.07, 6.45) is 0.682. The van der Waals surface area contributed by atoms with Gasteiger partial charge in [0.05, 0.1) is 17.0 Å². The van der Waals surface area contributed by atoms with E-state index in [2.05, 4.69) is 22.5 Å². The molecule has 0 spiro atoms. The lowest BCUT2D eigenvalue weighted by molar-refractivity contribution is -0.121. The molecular formula is C15H20N2O3S. The van der Waals surface area contributed by atoms with E-state index in [-0.39, 0.29) is 30.9 Å². The fourth-order valence-electron chi connectivity index (χ4n) is 1.51. The number of carbonyl (C=O) groups is 2. The fourth-order valence-corrected chi connectivity index (χ4v) is 2.27. The number of aliphatic hydroxyl groups excluding tert-OH is 1. The third kappa shape index (κ3) is 6.93. The van der Waals surface area contributed by atoms with Gasteiger partial charge in [-0.25, -0.2) is 0 Å². The third-order valence-electron chi connectivity index (χ3n) is 2.40. The number of amides is 2. The lowest BCUT2D eigenvalue weighted by Gasteiger charge is -2.08. The summed E-state index contributed by atoms with van der Waals surface area (Å²) in [6, 6.07) is 1.81. The smallest absolute Gasteiger partial charge is 0.252 e. The Bertz CT molecular complexity index is 541. The number of aliphatic hydroxyl groups is 1. The molecule has 0 bridgehead atoms. The fraction of sp³-hybridized carbons (Fsp3) is 0.467. The van der Waals surface area contributed by atoms with E-state index in [0.717, 1.165) is 4.88 Å². The molecule has 0 saturated heterocycles. The van der Waals surface area contributed by atoms with Crippen molar-refractivity contribution in [2.45, 2.75) is 32.7 Å². The molecule has 1 heterocycles. The highest BCUT2D eigenvalue weighted by Crippen LogP contribution is 2.13. The summed E-state index contributed by atoms with van der Waals surface area (Å²) >= 11 is 1.38. The number of nitrogens with one attached hydrogen (secondary N) is 2. The van der Waals surface area contributed by atoms with Gasteiger partial charge in [-0.2, -0.15) is 0 Å². The first-order chi connectivity index (χ1) is 10.0.